The minimum absolute atomic E-state index is 0. The molecule has 132 valence electrons. The lowest BCUT2D eigenvalue weighted by molar-refractivity contribution is 0.0706. The molecule has 1 fully saturated rings. The third kappa shape index (κ3) is 4.48. The smallest absolute Gasteiger partial charge is 0.255 e. The minimum atomic E-state index is 0. The normalized spacial score (nSPS) is 14.7. The number of thiophene rings is 1. The number of nitrogens with one attached hydrogen (secondary N) is 1. The van der Waals surface area contributed by atoms with Gasteiger partial charge in [0.1, 0.15) is 0 Å². The van der Waals surface area contributed by atoms with Crippen LogP contribution in [0, 0.1) is 6.92 Å². The number of amides is 1. The van der Waals surface area contributed by atoms with Crippen molar-refractivity contribution in [3.8, 4) is 11.3 Å². The largest absolute Gasteiger partial charge is 0.338 e. The number of hydrogen-bond acceptors (Lipinski definition) is 4. The topological polar surface area (TPSA) is 45.2 Å². The highest BCUT2D eigenvalue weighted by Gasteiger charge is 2.24. The third-order valence-corrected chi connectivity index (χ3v) is 5.01. The van der Waals surface area contributed by atoms with Crippen molar-refractivity contribution in [2.24, 2.45) is 0 Å². The predicted octanol–water partition coefficient (Wildman–Crippen LogP) is 3.79. The van der Waals surface area contributed by atoms with Gasteiger partial charge in [-0.05, 0) is 50.4 Å². The maximum Gasteiger partial charge on any atom is 0.255 e. The first kappa shape index (κ1) is 20.9. The SMILES string of the molecule is CNC1CCN(C(=O)c2ccc(-c3ccsc3)nc2C)CC1.Cl.Cl. The summed E-state index contributed by atoms with van der Waals surface area (Å²) < 4.78 is 0. The first-order chi connectivity index (χ1) is 10.7. The number of piperidine rings is 1. The van der Waals surface area contributed by atoms with E-state index in [-0.39, 0.29) is 30.7 Å². The Morgan fingerprint density at radius 1 is 1.25 bits per heavy atom. The van der Waals surface area contributed by atoms with Crippen LogP contribution in [0.2, 0.25) is 0 Å². The Morgan fingerprint density at radius 2 is 1.96 bits per heavy atom. The molecule has 3 heterocycles. The number of aryl methyl sites for hydroxylation is 1. The van der Waals surface area contributed by atoms with Crippen molar-refractivity contribution in [1.29, 1.82) is 0 Å². The summed E-state index contributed by atoms with van der Waals surface area (Å²) in [6.45, 7) is 3.55. The molecule has 0 spiro atoms. The highest BCUT2D eigenvalue weighted by atomic mass is 35.5. The van der Waals surface area contributed by atoms with Gasteiger partial charge in [0.05, 0.1) is 17.0 Å². The fourth-order valence-corrected chi connectivity index (χ4v) is 3.55. The Kier molecular flexibility index (Phi) is 8.16. The Balaban J connectivity index is 0.00000144. The van der Waals surface area contributed by atoms with Crippen molar-refractivity contribution in [3.05, 3.63) is 40.2 Å². The van der Waals surface area contributed by atoms with E-state index >= 15 is 0 Å². The Morgan fingerprint density at radius 3 is 2.50 bits per heavy atom. The van der Waals surface area contributed by atoms with Gasteiger partial charge in [-0.25, -0.2) is 0 Å². The van der Waals surface area contributed by atoms with Crippen LogP contribution in [0.3, 0.4) is 0 Å². The fourth-order valence-electron chi connectivity index (χ4n) is 2.90. The van der Waals surface area contributed by atoms with Crippen LogP contribution in [0.4, 0.5) is 0 Å². The number of nitrogens with zero attached hydrogens (tertiary/aromatic N) is 2. The number of carbonyl (C=O) groups is 1. The summed E-state index contributed by atoms with van der Waals surface area (Å²) >= 11 is 1.65. The van der Waals surface area contributed by atoms with Gasteiger partial charge in [0, 0.05) is 30.1 Å². The van der Waals surface area contributed by atoms with Crippen LogP contribution in [0.5, 0.6) is 0 Å². The summed E-state index contributed by atoms with van der Waals surface area (Å²) in [7, 11) is 1.99. The monoisotopic (exact) mass is 387 g/mol. The molecule has 1 aliphatic heterocycles. The van der Waals surface area contributed by atoms with Gasteiger partial charge in [-0.2, -0.15) is 11.3 Å². The maximum absolute atomic E-state index is 12.7. The second-order valence-electron chi connectivity index (χ2n) is 5.70. The number of carbonyl (C=O) groups excluding carboxylic acids is 1. The molecule has 7 heteroatoms. The molecule has 2 aromatic rings. The fraction of sp³-hybridized carbons (Fsp3) is 0.412. The molecule has 1 saturated heterocycles. The summed E-state index contributed by atoms with van der Waals surface area (Å²) in [6, 6.07) is 6.45. The molecular weight excluding hydrogens is 365 g/mol. The Hall–Kier alpha value is -1.14. The van der Waals surface area contributed by atoms with E-state index < -0.39 is 0 Å². The second kappa shape index (κ2) is 9.37. The van der Waals surface area contributed by atoms with Gasteiger partial charge in [-0.15, -0.1) is 24.8 Å². The molecule has 3 rings (SSSR count). The van der Waals surface area contributed by atoms with Crippen LogP contribution in [0.25, 0.3) is 11.3 Å². The molecule has 0 radical (unpaired) electrons. The lowest BCUT2D eigenvalue weighted by Crippen LogP contribution is -2.44. The van der Waals surface area contributed by atoms with Gasteiger partial charge >= 0.3 is 0 Å². The van der Waals surface area contributed by atoms with Gasteiger partial charge < -0.3 is 10.2 Å². The summed E-state index contributed by atoms with van der Waals surface area (Å²) in [4.78, 5) is 19.2. The van der Waals surface area contributed by atoms with Gasteiger partial charge in [0.25, 0.3) is 5.91 Å². The number of pyridine rings is 1. The van der Waals surface area contributed by atoms with Gasteiger partial charge in [-0.3, -0.25) is 9.78 Å². The first-order valence-corrected chi connectivity index (χ1v) is 8.60. The molecular formula is C17H23Cl2N3OS. The molecule has 0 saturated carbocycles. The van der Waals surface area contributed by atoms with Crippen molar-refractivity contribution in [3.63, 3.8) is 0 Å². The molecule has 4 nitrogen and oxygen atoms in total. The number of rotatable bonds is 3. The highest BCUT2D eigenvalue weighted by Crippen LogP contribution is 2.22. The average Bonchev–Trinajstić information content (AvgIpc) is 3.09. The van der Waals surface area contributed by atoms with Gasteiger partial charge in [0.2, 0.25) is 0 Å². The Bertz CT molecular complexity index is 656. The molecule has 0 aromatic carbocycles. The van der Waals surface area contributed by atoms with E-state index in [0.717, 1.165) is 48.4 Å². The van der Waals surface area contributed by atoms with E-state index in [1.807, 2.05) is 36.4 Å². The number of halogens is 2. The van der Waals surface area contributed by atoms with E-state index in [0.29, 0.717) is 6.04 Å². The quantitative estimate of drug-likeness (QED) is 0.870. The van der Waals surface area contributed by atoms with E-state index in [2.05, 4.69) is 21.7 Å². The highest BCUT2D eigenvalue weighted by molar-refractivity contribution is 7.08. The summed E-state index contributed by atoms with van der Waals surface area (Å²) in [5.74, 6) is 0.108. The standard InChI is InChI=1S/C17H21N3OS.2ClH/c1-12-15(3-4-16(19-12)13-7-10-22-11-13)17(21)20-8-5-14(18-2)6-9-20;;/h3-4,7,10-11,14,18H,5-6,8-9H2,1-2H3;2*1H. The molecule has 24 heavy (non-hydrogen) atoms. The second-order valence-corrected chi connectivity index (χ2v) is 6.48. The van der Waals surface area contributed by atoms with Gasteiger partial charge in [0.15, 0.2) is 0 Å². The van der Waals surface area contributed by atoms with Gasteiger partial charge in [-0.1, -0.05) is 0 Å². The van der Waals surface area contributed by atoms with Crippen molar-refractivity contribution in [2.75, 3.05) is 20.1 Å². The summed E-state index contributed by atoms with van der Waals surface area (Å²) in [5, 5.41) is 7.40. The van der Waals surface area contributed by atoms with Crippen molar-refractivity contribution in [2.45, 2.75) is 25.8 Å². The predicted molar refractivity (Wildman–Crippen MR) is 105 cm³/mol. The van der Waals surface area contributed by atoms with Crippen molar-refractivity contribution in [1.82, 2.24) is 15.2 Å². The summed E-state index contributed by atoms with van der Waals surface area (Å²) in [6.07, 6.45) is 2.03. The first-order valence-electron chi connectivity index (χ1n) is 7.66. The van der Waals surface area contributed by atoms with Crippen LogP contribution >= 0.6 is 36.2 Å². The Labute approximate surface area is 159 Å². The molecule has 1 aliphatic rings. The molecule has 1 N–H and O–H groups in total. The maximum atomic E-state index is 12.7. The van der Waals surface area contributed by atoms with E-state index in [4.69, 9.17) is 0 Å². The number of hydrogen-bond donors (Lipinski definition) is 1. The minimum Gasteiger partial charge on any atom is -0.338 e. The molecule has 0 bridgehead atoms. The van der Waals surface area contributed by atoms with Crippen LogP contribution in [0.15, 0.2) is 29.0 Å². The number of aromatic nitrogens is 1. The van der Waals surface area contributed by atoms with E-state index in [9.17, 15) is 4.79 Å². The molecule has 1 amide bonds. The van der Waals surface area contributed by atoms with E-state index in [1.165, 1.54) is 0 Å². The average molecular weight is 388 g/mol. The van der Waals surface area contributed by atoms with E-state index in [1.54, 1.807) is 11.3 Å². The summed E-state index contributed by atoms with van der Waals surface area (Å²) in [5.41, 5.74) is 3.58. The zero-order valence-electron chi connectivity index (χ0n) is 13.8. The zero-order valence-corrected chi connectivity index (χ0v) is 16.3. The number of likely N-dealkylation sites (tertiary alicyclic amines) is 1. The lowest BCUT2D eigenvalue weighted by atomic mass is 10.0. The van der Waals surface area contributed by atoms with Crippen LogP contribution in [0.1, 0.15) is 28.9 Å². The van der Waals surface area contributed by atoms with Crippen LogP contribution < -0.4 is 5.32 Å². The van der Waals surface area contributed by atoms with Crippen LogP contribution in [-0.4, -0.2) is 42.0 Å². The molecule has 0 unspecified atom stereocenters. The zero-order chi connectivity index (χ0) is 15.5. The molecule has 0 aliphatic carbocycles. The lowest BCUT2D eigenvalue weighted by Gasteiger charge is -2.32. The van der Waals surface area contributed by atoms with Crippen molar-refractivity contribution < 1.29 is 4.79 Å². The molecule has 0 atom stereocenters. The van der Waals surface area contributed by atoms with Crippen LogP contribution in [-0.2, 0) is 0 Å². The molecule has 2 aromatic heterocycles. The van der Waals surface area contributed by atoms with Crippen molar-refractivity contribution >= 4 is 42.1 Å². The third-order valence-electron chi connectivity index (χ3n) is 4.32.